The predicted molar refractivity (Wildman–Crippen MR) is 85.4 cm³/mol. The molecule has 0 saturated carbocycles. The maximum Gasteiger partial charge on any atom is 0.00817 e. The van der Waals surface area contributed by atoms with Gasteiger partial charge in [-0.15, -0.1) is 0 Å². The highest BCUT2D eigenvalue weighted by Crippen LogP contribution is 2.15. The largest absolute Gasteiger partial charge is 0.311 e. The first-order chi connectivity index (χ1) is 8.97. The maximum absolute atomic E-state index is 3.83. The van der Waals surface area contributed by atoms with E-state index >= 15 is 0 Å². The second kappa shape index (κ2) is 8.37. The molecule has 0 fully saturated rings. The minimum absolute atomic E-state index is 0.546. The Hall–Kier alpha value is -0.820. The minimum atomic E-state index is 0.546. The minimum Gasteiger partial charge on any atom is -0.311 e. The first-order valence-corrected chi connectivity index (χ1v) is 7.77. The number of benzene rings is 1. The highest BCUT2D eigenvalue weighted by atomic mass is 14.9. The van der Waals surface area contributed by atoms with E-state index in [4.69, 9.17) is 0 Å². The van der Waals surface area contributed by atoms with Crippen molar-refractivity contribution in [1.29, 1.82) is 0 Å². The van der Waals surface area contributed by atoms with Gasteiger partial charge in [-0.3, -0.25) is 0 Å². The predicted octanol–water partition coefficient (Wildman–Crippen LogP) is 4.67. The topological polar surface area (TPSA) is 12.0 Å². The molecule has 0 aliphatic carbocycles. The van der Waals surface area contributed by atoms with E-state index in [9.17, 15) is 0 Å². The van der Waals surface area contributed by atoms with Gasteiger partial charge >= 0.3 is 0 Å². The van der Waals surface area contributed by atoms with Gasteiger partial charge in [-0.05, 0) is 43.6 Å². The lowest BCUT2D eigenvalue weighted by Crippen LogP contribution is -2.39. The summed E-state index contributed by atoms with van der Waals surface area (Å²) in [5, 5.41) is 3.83. The Morgan fingerprint density at radius 1 is 0.842 bits per heavy atom. The Balaban J connectivity index is 2.48. The van der Waals surface area contributed by atoms with Crippen molar-refractivity contribution in [3.8, 4) is 0 Å². The number of nitrogens with one attached hydrogen (secondary N) is 1. The summed E-state index contributed by atoms with van der Waals surface area (Å²) in [6, 6.07) is 12.0. The zero-order valence-electron chi connectivity index (χ0n) is 13.3. The lowest BCUT2D eigenvalue weighted by atomic mass is 9.94. The van der Waals surface area contributed by atoms with Crippen molar-refractivity contribution < 1.29 is 0 Å². The van der Waals surface area contributed by atoms with Gasteiger partial charge in [0.2, 0.25) is 0 Å². The van der Waals surface area contributed by atoms with Gasteiger partial charge in [-0.25, -0.2) is 0 Å². The van der Waals surface area contributed by atoms with Crippen molar-refractivity contribution in [2.75, 3.05) is 0 Å². The molecule has 0 heterocycles. The van der Waals surface area contributed by atoms with Crippen LogP contribution >= 0.6 is 0 Å². The molecule has 1 rings (SSSR count). The van der Waals surface area contributed by atoms with E-state index in [-0.39, 0.29) is 0 Å². The first-order valence-electron chi connectivity index (χ1n) is 7.77. The highest BCUT2D eigenvalue weighted by Gasteiger charge is 2.15. The number of hydrogen-bond donors (Lipinski definition) is 1. The van der Waals surface area contributed by atoms with Gasteiger partial charge in [0.25, 0.3) is 0 Å². The van der Waals surface area contributed by atoms with Gasteiger partial charge in [0.1, 0.15) is 0 Å². The molecule has 1 heteroatoms. The number of hydrogen-bond acceptors (Lipinski definition) is 1. The van der Waals surface area contributed by atoms with Crippen molar-refractivity contribution in [2.45, 2.75) is 66.0 Å². The van der Waals surface area contributed by atoms with Crippen LogP contribution in [0.5, 0.6) is 0 Å². The van der Waals surface area contributed by atoms with E-state index in [2.05, 4.69) is 70.3 Å². The fourth-order valence-electron chi connectivity index (χ4n) is 2.80. The van der Waals surface area contributed by atoms with Gasteiger partial charge in [-0.1, -0.05) is 58.0 Å². The quantitative estimate of drug-likeness (QED) is 0.717. The SMILES string of the molecule is CC(C)CC(CC(C)C)NC(C)Cc1ccccc1. The fraction of sp³-hybridized carbons (Fsp3) is 0.667. The summed E-state index contributed by atoms with van der Waals surface area (Å²) in [4.78, 5) is 0. The Morgan fingerprint density at radius 2 is 1.37 bits per heavy atom. The smallest absolute Gasteiger partial charge is 0.00817 e. The molecule has 0 bridgehead atoms. The van der Waals surface area contributed by atoms with E-state index in [0.717, 1.165) is 18.3 Å². The molecule has 0 aromatic heterocycles. The summed E-state index contributed by atoms with van der Waals surface area (Å²) < 4.78 is 0. The fourth-order valence-corrected chi connectivity index (χ4v) is 2.80. The zero-order valence-corrected chi connectivity index (χ0v) is 13.3. The van der Waals surface area contributed by atoms with Crippen LogP contribution in [0.1, 0.15) is 53.0 Å². The molecule has 0 aliphatic rings. The Kier molecular flexibility index (Phi) is 7.15. The zero-order chi connectivity index (χ0) is 14.3. The van der Waals surface area contributed by atoms with Gasteiger partial charge < -0.3 is 5.32 Å². The monoisotopic (exact) mass is 261 g/mol. The van der Waals surface area contributed by atoms with Crippen molar-refractivity contribution in [3.05, 3.63) is 35.9 Å². The molecule has 1 aromatic rings. The second-order valence-corrected chi connectivity index (χ2v) is 6.71. The normalized spacial score (nSPS) is 13.5. The van der Waals surface area contributed by atoms with Crippen molar-refractivity contribution >= 4 is 0 Å². The molecule has 0 spiro atoms. The standard InChI is InChI=1S/C18H31N/c1-14(2)11-18(12-15(3)4)19-16(5)13-17-9-7-6-8-10-17/h6-10,14-16,18-19H,11-13H2,1-5H3. The molecular formula is C18H31N. The van der Waals surface area contributed by atoms with E-state index in [1.807, 2.05) is 0 Å². The Bertz CT molecular complexity index is 319. The van der Waals surface area contributed by atoms with Crippen LogP contribution in [0.2, 0.25) is 0 Å². The van der Waals surface area contributed by atoms with Crippen molar-refractivity contribution in [2.24, 2.45) is 11.8 Å². The van der Waals surface area contributed by atoms with Crippen LogP contribution in [0.3, 0.4) is 0 Å². The van der Waals surface area contributed by atoms with Crippen LogP contribution in [0, 0.1) is 11.8 Å². The molecule has 1 N–H and O–H groups in total. The third kappa shape index (κ3) is 7.37. The van der Waals surface area contributed by atoms with E-state index < -0.39 is 0 Å². The molecule has 0 aliphatic heterocycles. The van der Waals surface area contributed by atoms with Gasteiger partial charge in [0.05, 0.1) is 0 Å². The Morgan fingerprint density at radius 3 is 1.84 bits per heavy atom. The van der Waals surface area contributed by atoms with Gasteiger partial charge in [0.15, 0.2) is 0 Å². The molecule has 0 saturated heterocycles. The summed E-state index contributed by atoms with van der Waals surface area (Å²) in [6.07, 6.45) is 3.67. The molecule has 1 nitrogen and oxygen atoms in total. The average Bonchev–Trinajstić information content (AvgIpc) is 2.27. The summed E-state index contributed by atoms with van der Waals surface area (Å²) in [5.74, 6) is 1.53. The lowest BCUT2D eigenvalue weighted by Gasteiger charge is -2.26. The first kappa shape index (κ1) is 16.2. The van der Waals surface area contributed by atoms with Gasteiger partial charge in [-0.2, -0.15) is 0 Å². The van der Waals surface area contributed by atoms with Crippen LogP contribution in [-0.2, 0) is 6.42 Å². The van der Waals surface area contributed by atoms with Crippen LogP contribution in [0.25, 0.3) is 0 Å². The third-order valence-corrected chi connectivity index (χ3v) is 3.42. The van der Waals surface area contributed by atoms with E-state index in [1.54, 1.807) is 0 Å². The van der Waals surface area contributed by atoms with Crippen molar-refractivity contribution in [3.63, 3.8) is 0 Å². The molecule has 0 radical (unpaired) electrons. The molecule has 1 atom stereocenters. The second-order valence-electron chi connectivity index (χ2n) is 6.71. The summed E-state index contributed by atoms with van der Waals surface area (Å²) in [5.41, 5.74) is 1.43. The number of rotatable bonds is 8. The maximum atomic E-state index is 3.83. The summed E-state index contributed by atoms with van der Waals surface area (Å²) >= 11 is 0. The molecule has 1 unspecified atom stereocenters. The highest BCUT2D eigenvalue weighted by molar-refractivity contribution is 5.15. The summed E-state index contributed by atoms with van der Waals surface area (Å²) in [6.45, 7) is 11.6. The van der Waals surface area contributed by atoms with E-state index in [0.29, 0.717) is 12.1 Å². The van der Waals surface area contributed by atoms with Crippen molar-refractivity contribution in [1.82, 2.24) is 5.32 Å². The average molecular weight is 261 g/mol. The van der Waals surface area contributed by atoms with Crippen LogP contribution in [0.4, 0.5) is 0 Å². The molecule has 1 aromatic carbocycles. The molecular weight excluding hydrogens is 230 g/mol. The summed E-state index contributed by atoms with van der Waals surface area (Å²) in [7, 11) is 0. The van der Waals surface area contributed by atoms with Gasteiger partial charge in [0, 0.05) is 12.1 Å². The molecule has 19 heavy (non-hydrogen) atoms. The lowest BCUT2D eigenvalue weighted by molar-refractivity contribution is 0.332. The molecule has 108 valence electrons. The third-order valence-electron chi connectivity index (χ3n) is 3.42. The Labute approximate surface area is 119 Å². The molecule has 0 amide bonds. The van der Waals surface area contributed by atoms with E-state index in [1.165, 1.54) is 18.4 Å². The van der Waals surface area contributed by atoms with Crippen LogP contribution < -0.4 is 5.32 Å². The van der Waals surface area contributed by atoms with Crippen LogP contribution in [0.15, 0.2) is 30.3 Å². The van der Waals surface area contributed by atoms with Crippen LogP contribution in [-0.4, -0.2) is 12.1 Å².